The molecule has 1 spiro atoms. The van der Waals surface area contributed by atoms with Crippen molar-refractivity contribution in [3.8, 4) is 0 Å². The topological polar surface area (TPSA) is 41.0 Å². The number of nitrogens with zero attached hydrogens (tertiary/aromatic N) is 4. The molecular weight excluding hydrogens is 482 g/mol. The molecule has 8 heteroatoms. The number of benzene rings is 2. The van der Waals surface area contributed by atoms with Crippen LogP contribution in [0.4, 0.5) is 14.5 Å². The third-order valence-electron chi connectivity index (χ3n) is 7.08. The molecule has 1 aromatic heterocycles. The van der Waals surface area contributed by atoms with Crippen molar-refractivity contribution < 1.29 is 13.6 Å². The second-order valence-corrected chi connectivity index (χ2v) is 10.1. The van der Waals surface area contributed by atoms with Crippen molar-refractivity contribution in [1.29, 1.82) is 0 Å². The molecule has 1 unspecified atom stereocenters. The first-order valence-electron chi connectivity index (χ1n) is 12.3. The van der Waals surface area contributed by atoms with E-state index in [-0.39, 0.29) is 0 Å². The largest absolute Gasteiger partial charge is 0.396 e. The van der Waals surface area contributed by atoms with Crippen molar-refractivity contribution in [3.05, 3.63) is 94.3 Å². The van der Waals surface area contributed by atoms with Gasteiger partial charge in [0.05, 0.1) is 5.69 Å². The number of hydrogen-bond acceptors (Lipinski definition) is 5. The van der Waals surface area contributed by atoms with E-state index in [0.29, 0.717) is 29.0 Å². The predicted octanol–water partition coefficient (Wildman–Crippen LogP) is 5.90. The maximum absolute atomic E-state index is 13.8. The van der Waals surface area contributed by atoms with E-state index in [1.807, 2.05) is 43.5 Å². The fraction of sp³-hybridized carbons (Fsp3) is 0.357. The van der Waals surface area contributed by atoms with Crippen molar-refractivity contribution in [3.63, 3.8) is 0 Å². The summed E-state index contributed by atoms with van der Waals surface area (Å²) < 4.78 is 27.2. The van der Waals surface area contributed by atoms with E-state index in [0.717, 1.165) is 55.4 Å². The van der Waals surface area contributed by atoms with Gasteiger partial charge >= 0.3 is 0 Å². The minimum Gasteiger partial charge on any atom is -0.396 e. The Balaban J connectivity index is 1.24. The summed E-state index contributed by atoms with van der Waals surface area (Å²) in [4.78, 5) is 14.7. The Morgan fingerprint density at radius 1 is 1.06 bits per heavy atom. The van der Waals surface area contributed by atoms with Crippen LogP contribution in [0.1, 0.15) is 36.6 Å². The fourth-order valence-corrected chi connectivity index (χ4v) is 5.44. The lowest BCUT2D eigenvalue weighted by Crippen LogP contribution is -2.30. The van der Waals surface area contributed by atoms with Gasteiger partial charge in [0, 0.05) is 54.1 Å². The first kappa shape index (κ1) is 24.7. The first-order valence-corrected chi connectivity index (χ1v) is 12.7. The average Bonchev–Trinajstić information content (AvgIpc) is 3.48. The van der Waals surface area contributed by atoms with Crippen LogP contribution in [0.5, 0.6) is 0 Å². The van der Waals surface area contributed by atoms with Gasteiger partial charge in [-0.25, -0.2) is 8.78 Å². The number of halogens is 3. The summed E-state index contributed by atoms with van der Waals surface area (Å²) in [6, 6.07) is 15.6. The zero-order valence-corrected chi connectivity index (χ0v) is 21.0. The zero-order chi connectivity index (χ0) is 25.1. The van der Waals surface area contributed by atoms with Gasteiger partial charge in [-0.3, -0.25) is 9.88 Å². The van der Waals surface area contributed by atoms with Gasteiger partial charge in [-0.1, -0.05) is 28.9 Å². The van der Waals surface area contributed by atoms with Crippen LogP contribution in [0.3, 0.4) is 0 Å². The van der Waals surface area contributed by atoms with Gasteiger partial charge in [0.1, 0.15) is 12.3 Å². The standard InChI is InChI=1S/C28H29ClF2N4O/c1-2-36-33-27(21-7-8-24(30)25(31)14-21)26-9-6-20(16-32-26)17-34-12-10-28(18-34)11-13-35(19-28)23-5-3-4-22(29)15-23/h3-9,14-16H,2,10-13,17-19H2,1H3/b33-27+. The van der Waals surface area contributed by atoms with Crippen LogP contribution >= 0.6 is 11.6 Å². The first-order chi connectivity index (χ1) is 17.4. The van der Waals surface area contributed by atoms with Gasteiger partial charge in [-0.2, -0.15) is 0 Å². The molecule has 0 amide bonds. The molecule has 5 nitrogen and oxygen atoms in total. The molecule has 3 heterocycles. The monoisotopic (exact) mass is 510 g/mol. The number of likely N-dealkylation sites (tertiary alicyclic amines) is 1. The molecule has 188 valence electrons. The highest BCUT2D eigenvalue weighted by Crippen LogP contribution is 2.41. The Bertz CT molecular complexity index is 1250. The van der Waals surface area contributed by atoms with E-state index < -0.39 is 11.6 Å². The van der Waals surface area contributed by atoms with Crippen molar-refractivity contribution in [2.24, 2.45) is 10.6 Å². The molecule has 1 atom stereocenters. The maximum atomic E-state index is 13.8. The Morgan fingerprint density at radius 2 is 1.92 bits per heavy atom. The van der Waals surface area contributed by atoms with E-state index in [1.165, 1.54) is 24.6 Å². The molecule has 0 saturated carbocycles. The third-order valence-corrected chi connectivity index (χ3v) is 7.32. The third kappa shape index (κ3) is 5.37. The van der Waals surface area contributed by atoms with Gasteiger partial charge < -0.3 is 9.74 Å². The molecule has 2 aliphatic rings. The molecule has 2 saturated heterocycles. The lowest BCUT2D eigenvalue weighted by atomic mass is 9.86. The summed E-state index contributed by atoms with van der Waals surface area (Å²) in [5.74, 6) is -1.84. The van der Waals surface area contributed by atoms with Gasteiger partial charge in [0.2, 0.25) is 0 Å². The zero-order valence-electron chi connectivity index (χ0n) is 20.3. The van der Waals surface area contributed by atoms with Crippen LogP contribution in [-0.2, 0) is 11.4 Å². The van der Waals surface area contributed by atoms with Crippen LogP contribution < -0.4 is 4.90 Å². The minimum absolute atomic E-state index is 0.305. The molecule has 2 aromatic carbocycles. The summed E-state index contributed by atoms with van der Waals surface area (Å²) in [6.45, 7) is 7.19. The average molecular weight is 511 g/mol. The van der Waals surface area contributed by atoms with Crippen LogP contribution in [0.25, 0.3) is 0 Å². The predicted molar refractivity (Wildman–Crippen MR) is 138 cm³/mol. The van der Waals surface area contributed by atoms with E-state index >= 15 is 0 Å². The quantitative estimate of drug-likeness (QED) is 0.293. The van der Waals surface area contributed by atoms with Crippen LogP contribution in [0, 0.1) is 17.0 Å². The second-order valence-electron chi connectivity index (χ2n) is 9.65. The van der Waals surface area contributed by atoms with Gasteiger partial charge in [-0.05, 0) is 74.3 Å². The number of oxime groups is 1. The van der Waals surface area contributed by atoms with E-state index in [2.05, 4.69) is 26.0 Å². The smallest absolute Gasteiger partial charge is 0.159 e. The molecule has 36 heavy (non-hydrogen) atoms. The van der Waals surface area contributed by atoms with Crippen molar-refractivity contribution >= 4 is 23.0 Å². The second kappa shape index (κ2) is 10.5. The molecule has 2 fully saturated rings. The molecule has 0 radical (unpaired) electrons. The highest BCUT2D eigenvalue weighted by atomic mass is 35.5. The summed E-state index contributed by atoms with van der Waals surface area (Å²) in [7, 11) is 0. The molecule has 0 bridgehead atoms. The summed E-state index contributed by atoms with van der Waals surface area (Å²) >= 11 is 6.20. The molecule has 0 N–H and O–H groups in total. The van der Waals surface area contributed by atoms with Crippen LogP contribution in [0.15, 0.2) is 65.9 Å². The van der Waals surface area contributed by atoms with Crippen LogP contribution in [0.2, 0.25) is 5.02 Å². The molecule has 3 aromatic rings. The number of rotatable bonds is 7. The molecule has 5 rings (SSSR count). The molecule has 2 aliphatic heterocycles. The highest BCUT2D eigenvalue weighted by molar-refractivity contribution is 6.30. The Morgan fingerprint density at radius 3 is 2.67 bits per heavy atom. The highest BCUT2D eigenvalue weighted by Gasteiger charge is 2.43. The number of aromatic nitrogens is 1. The number of pyridine rings is 1. The summed E-state index contributed by atoms with van der Waals surface area (Å²) in [6.07, 6.45) is 4.18. The molecule has 0 aliphatic carbocycles. The SMILES string of the molecule is CCO/N=C(\c1ccc(F)c(F)c1)c1ccc(CN2CCC3(CCN(c4cccc(Cl)c4)C3)C2)cn1. The van der Waals surface area contributed by atoms with E-state index in [4.69, 9.17) is 16.4 Å². The van der Waals surface area contributed by atoms with Gasteiger partial charge in [0.15, 0.2) is 11.6 Å². The maximum Gasteiger partial charge on any atom is 0.159 e. The van der Waals surface area contributed by atoms with E-state index in [1.54, 1.807) is 0 Å². The number of hydrogen-bond donors (Lipinski definition) is 0. The van der Waals surface area contributed by atoms with Crippen LogP contribution in [-0.4, -0.2) is 48.4 Å². The fourth-order valence-electron chi connectivity index (χ4n) is 5.26. The lowest BCUT2D eigenvalue weighted by Gasteiger charge is -2.26. The Kier molecular flexibility index (Phi) is 7.21. The van der Waals surface area contributed by atoms with Gasteiger partial charge in [-0.15, -0.1) is 0 Å². The number of anilines is 1. The Labute approximate surface area is 215 Å². The van der Waals surface area contributed by atoms with E-state index in [9.17, 15) is 8.78 Å². The normalized spacial score (nSPS) is 20.4. The minimum atomic E-state index is -0.933. The van der Waals surface area contributed by atoms with Gasteiger partial charge in [0.25, 0.3) is 0 Å². The Hall–Kier alpha value is -3.03. The lowest BCUT2D eigenvalue weighted by molar-refractivity contribution is 0.159. The van der Waals surface area contributed by atoms with Crippen molar-refractivity contribution in [2.75, 3.05) is 37.7 Å². The molecular formula is C28H29ClF2N4O. The summed E-state index contributed by atoms with van der Waals surface area (Å²) in [5.41, 5.74) is 3.93. The van der Waals surface area contributed by atoms with Crippen molar-refractivity contribution in [2.45, 2.75) is 26.3 Å². The summed E-state index contributed by atoms with van der Waals surface area (Å²) in [5, 5.41) is 4.89. The van der Waals surface area contributed by atoms with Crippen molar-refractivity contribution in [1.82, 2.24) is 9.88 Å².